The SMILES string of the molecule is COc1ccc(COCC/C(C)=C/[C@@H](O[Si](C)(C)C(C)(C)C)[C@@H](C)/C=C(C)\C=C(\C)C=O)cc1. The molecule has 0 amide bonds. The third-order valence-corrected chi connectivity index (χ3v) is 10.9. The van der Waals surface area contributed by atoms with Crippen molar-refractivity contribution in [3.63, 3.8) is 0 Å². The lowest BCUT2D eigenvalue weighted by molar-refractivity contribution is -0.104. The molecule has 0 aliphatic carbocycles. The third-order valence-electron chi connectivity index (χ3n) is 6.44. The zero-order chi connectivity index (χ0) is 25.9. The number of hydrogen-bond acceptors (Lipinski definition) is 4. The summed E-state index contributed by atoms with van der Waals surface area (Å²) in [4.78, 5) is 11.0. The Bertz CT molecular complexity index is 857. The Morgan fingerprint density at radius 2 is 1.65 bits per heavy atom. The van der Waals surface area contributed by atoms with Gasteiger partial charge in [0.2, 0.25) is 0 Å². The van der Waals surface area contributed by atoms with Gasteiger partial charge in [-0.05, 0) is 68.6 Å². The monoisotopic (exact) mass is 486 g/mol. The summed E-state index contributed by atoms with van der Waals surface area (Å²) in [6.07, 6.45) is 8.12. The molecule has 0 unspecified atom stereocenters. The molecule has 4 nitrogen and oxygen atoms in total. The molecule has 1 aromatic rings. The fourth-order valence-electron chi connectivity index (χ4n) is 3.27. The van der Waals surface area contributed by atoms with E-state index in [2.05, 4.69) is 59.9 Å². The summed E-state index contributed by atoms with van der Waals surface area (Å²) in [6.45, 7) is 20.8. The molecule has 0 spiro atoms. The van der Waals surface area contributed by atoms with Gasteiger partial charge in [-0.3, -0.25) is 4.79 Å². The van der Waals surface area contributed by atoms with Crippen LogP contribution in [0.3, 0.4) is 0 Å². The minimum Gasteiger partial charge on any atom is -0.497 e. The van der Waals surface area contributed by atoms with Gasteiger partial charge in [0.05, 0.1) is 26.4 Å². The van der Waals surface area contributed by atoms with E-state index in [1.807, 2.05) is 44.2 Å². The standard InChI is InChI=1S/C29H46O4Si/c1-22(15-16-32-21-26-11-13-27(31-8)14-12-26)19-28(33-34(9,10)29(5,6)7)25(4)18-23(2)17-24(3)20-30/h11-14,17-20,25,28H,15-16,21H2,1-10H3/b22-19+,23-18-,24-17-/t25-,28+/m0/s1. The lowest BCUT2D eigenvalue weighted by Gasteiger charge is -2.40. The Morgan fingerprint density at radius 3 is 2.18 bits per heavy atom. The van der Waals surface area contributed by atoms with Crippen molar-refractivity contribution < 1.29 is 18.7 Å². The van der Waals surface area contributed by atoms with E-state index < -0.39 is 8.32 Å². The molecule has 0 bridgehead atoms. The first-order valence-electron chi connectivity index (χ1n) is 12.2. The Morgan fingerprint density at radius 1 is 1.03 bits per heavy atom. The molecule has 2 atom stereocenters. The highest BCUT2D eigenvalue weighted by Gasteiger charge is 2.39. The van der Waals surface area contributed by atoms with Crippen molar-refractivity contribution in [3.8, 4) is 5.75 Å². The molecule has 0 aliphatic heterocycles. The van der Waals surface area contributed by atoms with Crippen LogP contribution < -0.4 is 4.74 Å². The number of carbonyl (C=O) groups is 1. The fraction of sp³-hybridized carbons (Fsp3) is 0.552. The number of benzene rings is 1. The Kier molecular flexibility index (Phi) is 12.2. The van der Waals surface area contributed by atoms with Crippen LogP contribution in [0.4, 0.5) is 0 Å². The van der Waals surface area contributed by atoms with Gasteiger partial charge in [0.25, 0.3) is 0 Å². The van der Waals surface area contributed by atoms with E-state index >= 15 is 0 Å². The highest BCUT2D eigenvalue weighted by Crippen LogP contribution is 2.38. The van der Waals surface area contributed by atoms with Gasteiger partial charge in [0, 0.05) is 5.92 Å². The lowest BCUT2D eigenvalue weighted by atomic mass is 9.98. The Hall–Kier alpha value is -1.95. The molecule has 0 N–H and O–H groups in total. The molecule has 0 aliphatic rings. The maximum atomic E-state index is 11.0. The van der Waals surface area contributed by atoms with Gasteiger partial charge in [-0.2, -0.15) is 0 Å². The first-order chi connectivity index (χ1) is 15.8. The highest BCUT2D eigenvalue weighted by molar-refractivity contribution is 6.74. The molecule has 0 aromatic heterocycles. The lowest BCUT2D eigenvalue weighted by Crippen LogP contribution is -2.45. The van der Waals surface area contributed by atoms with Gasteiger partial charge in [-0.15, -0.1) is 0 Å². The molecule has 34 heavy (non-hydrogen) atoms. The maximum absolute atomic E-state index is 11.0. The van der Waals surface area contributed by atoms with Crippen molar-refractivity contribution in [2.45, 2.75) is 85.7 Å². The van der Waals surface area contributed by atoms with Crippen LogP contribution in [0.15, 0.2) is 59.2 Å². The molecular formula is C29H46O4Si. The van der Waals surface area contributed by atoms with Crippen LogP contribution in [0, 0.1) is 5.92 Å². The van der Waals surface area contributed by atoms with Gasteiger partial charge in [-0.25, -0.2) is 0 Å². The van der Waals surface area contributed by atoms with Gasteiger partial charge >= 0.3 is 0 Å². The van der Waals surface area contributed by atoms with Gasteiger partial charge in [-0.1, -0.05) is 69.2 Å². The van der Waals surface area contributed by atoms with Crippen molar-refractivity contribution in [1.29, 1.82) is 0 Å². The summed E-state index contributed by atoms with van der Waals surface area (Å²) in [5.74, 6) is 1.03. The largest absolute Gasteiger partial charge is 0.497 e. The molecular weight excluding hydrogens is 440 g/mol. The molecule has 1 aromatic carbocycles. The van der Waals surface area contributed by atoms with E-state index in [1.165, 1.54) is 5.57 Å². The fourth-order valence-corrected chi connectivity index (χ4v) is 4.59. The number of hydrogen-bond donors (Lipinski definition) is 0. The first-order valence-corrected chi connectivity index (χ1v) is 15.1. The van der Waals surface area contributed by atoms with Crippen LogP contribution in [-0.4, -0.2) is 34.4 Å². The average Bonchev–Trinajstić information content (AvgIpc) is 2.75. The Balaban J connectivity index is 2.90. The summed E-state index contributed by atoms with van der Waals surface area (Å²) in [6, 6.07) is 7.97. The van der Waals surface area contributed by atoms with E-state index in [-0.39, 0.29) is 17.1 Å². The predicted molar refractivity (Wildman–Crippen MR) is 146 cm³/mol. The van der Waals surface area contributed by atoms with Gasteiger partial charge in [0.1, 0.15) is 12.0 Å². The maximum Gasteiger partial charge on any atom is 0.192 e. The molecule has 0 saturated heterocycles. The molecule has 0 fully saturated rings. The van der Waals surface area contributed by atoms with Crippen LogP contribution in [0.1, 0.15) is 60.5 Å². The van der Waals surface area contributed by atoms with Crippen molar-refractivity contribution in [1.82, 2.24) is 0 Å². The van der Waals surface area contributed by atoms with Gasteiger partial charge < -0.3 is 13.9 Å². The second-order valence-corrected chi connectivity index (χ2v) is 15.5. The smallest absolute Gasteiger partial charge is 0.192 e. The molecule has 0 saturated carbocycles. The van der Waals surface area contributed by atoms with Crippen LogP contribution in [-0.2, 0) is 20.6 Å². The average molecular weight is 487 g/mol. The van der Waals surface area contributed by atoms with E-state index in [1.54, 1.807) is 7.11 Å². The summed E-state index contributed by atoms with van der Waals surface area (Å²) < 4.78 is 18.0. The number of allylic oxidation sites excluding steroid dienone is 3. The van der Waals surface area contributed by atoms with Crippen molar-refractivity contribution in [3.05, 3.63) is 64.8 Å². The van der Waals surface area contributed by atoms with Crippen LogP contribution in [0.2, 0.25) is 18.1 Å². The molecule has 5 heteroatoms. The minimum absolute atomic E-state index is 0.0256. The first kappa shape index (κ1) is 30.1. The molecule has 0 heterocycles. The molecule has 0 radical (unpaired) electrons. The van der Waals surface area contributed by atoms with Crippen molar-refractivity contribution in [2.24, 2.45) is 5.92 Å². The second kappa shape index (κ2) is 13.8. The van der Waals surface area contributed by atoms with E-state index in [0.29, 0.717) is 13.2 Å². The van der Waals surface area contributed by atoms with Gasteiger partial charge in [0.15, 0.2) is 8.32 Å². The quantitative estimate of drug-likeness (QED) is 0.0716. The summed E-state index contributed by atoms with van der Waals surface area (Å²) in [5.41, 5.74) is 4.20. The third kappa shape index (κ3) is 10.5. The zero-order valence-corrected chi connectivity index (χ0v) is 24.0. The van der Waals surface area contributed by atoms with Crippen molar-refractivity contribution in [2.75, 3.05) is 13.7 Å². The molecule has 1 rings (SSSR count). The van der Waals surface area contributed by atoms with Crippen LogP contribution in [0.5, 0.6) is 5.75 Å². The topological polar surface area (TPSA) is 44.8 Å². The summed E-state index contributed by atoms with van der Waals surface area (Å²) in [7, 11) is -0.294. The number of carbonyl (C=O) groups excluding carboxylic acids is 1. The van der Waals surface area contributed by atoms with Crippen LogP contribution in [0.25, 0.3) is 0 Å². The van der Waals surface area contributed by atoms with E-state index in [9.17, 15) is 4.79 Å². The normalized spacial score (nSPS) is 15.8. The predicted octanol–water partition coefficient (Wildman–Crippen LogP) is 7.67. The second-order valence-electron chi connectivity index (χ2n) is 10.8. The highest BCUT2D eigenvalue weighted by atomic mass is 28.4. The zero-order valence-electron chi connectivity index (χ0n) is 23.0. The van der Waals surface area contributed by atoms with Crippen molar-refractivity contribution >= 4 is 14.6 Å². The number of rotatable bonds is 13. The van der Waals surface area contributed by atoms with Crippen LogP contribution >= 0.6 is 0 Å². The number of methoxy groups -OCH3 is 1. The van der Waals surface area contributed by atoms with E-state index in [0.717, 1.165) is 35.2 Å². The minimum atomic E-state index is -1.96. The molecule has 190 valence electrons. The summed E-state index contributed by atoms with van der Waals surface area (Å²) >= 11 is 0. The Labute approximate surface area is 209 Å². The van der Waals surface area contributed by atoms with E-state index in [4.69, 9.17) is 13.9 Å². The summed E-state index contributed by atoms with van der Waals surface area (Å²) in [5, 5.41) is 0.126. The number of ether oxygens (including phenoxy) is 2. The number of aldehydes is 1.